The van der Waals surface area contributed by atoms with Crippen molar-refractivity contribution in [1.82, 2.24) is 15.5 Å². The molecule has 1 atom stereocenters. The van der Waals surface area contributed by atoms with Crippen molar-refractivity contribution in [2.45, 2.75) is 32.0 Å². The molecule has 0 radical (unpaired) electrons. The average Bonchev–Trinajstić information content (AvgIpc) is 3.21. The van der Waals surface area contributed by atoms with Gasteiger partial charge < -0.3 is 20.1 Å². The Morgan fingerprint density at radius 1 is 1.03 bits per heavy atom. The molecule has 3 rings (SSSR count). The number of guanidine groups is 1. The number of likely N-dealkylation sites (tertiary alicyclic amines) is 1. The van der Waals surface area contributed by atoms with Crippen LogP contribution in [-0.4, -0.2) is 51.3 Å². The lowest BCUT2D eigenvalue weighted by molar-refractivity contribution is 0.245. The molecule has 6 nitrogen and oxygen atoms in total. The van der Waals surface area contributed by atoms with Gasteiger partial charge in [0, 0.05) is 32.7 Å². The summed E-state index contributed by atoms with van der Waals surface area (Å²) in [6.07, 6.45) is 2.46. The van der Waals surface area contributed by atoms with E-state index in [0.717, 1.165) is 42.7 Å². The van der Waals surface area contributed by atoms with Crippen molar-refractivity contribution < 1.29 is 9.47 Å². The lowest BCUT2D eigenvalue weighted by Gasteiger charge is -2.25. The molecule has 0 amide bonds. The van der Waals surface area contributed by atoms with Crippen LogP contribution >= 0.6 is 0 Å². The second kappa shape index (κ2) is 10.7. The molecular formula is C23H32N4O2. The largest absolute Gasteiger partial charge is 0.493 e. The second-order valence-corrected chi connectivity index (χ2v) is 7.25. The molecule has 1 fully saturated rings. The smallest absolute Gasteiger partial charge is 0.191 e. The van der Waals surface area contributed by atoms with Crippen LogP contribution in [0.4, 0.5) is 0 Å². The number of hydrogen-bond donors (Lipinski definition) is 2. The summed E-state index contributed by atoms with van der Waals surface area (Å²) < 4.78 is 10.7. The molecule has 29 heavy (non-hydrogen) atoms. The van der Waals surface area contributed by atoms with E-state index in [-0.39, 0.29) is 0 Å². The van der Waals surface area contributed by atoms with Gasteiger partial charge in [-0.2, -0.15) is 0 Å². The standard InChI is InChI=1S/C23H32N4O2/c1-24-23(25-15-19-11-12-21(28-2)22(14-19)29-3)26-16-20-10-7-13-27(20)17-18-8-5-4-6-9-18/h4-6,8-9,11-12,14,20H,7,10,13,15-17H2,1-3H3,(H2,24,25,26). The summed E-state index contributed by atoms with van der Waals surface area (Å²) in [5.41, 5.74) is 2.48. The van der Waals surface area contributed by atoms with Gasteiger partial charge in [0.15, 0.2) is 17.5 Å². The zero-order valence-electron chi connectivity index (χ0n) is 17.6. The predicted octanol–water partition coefficient (Wildman–Crippen LogP) is 3.03. The molecule has 1 saturated heterocycles. The maximum Gasteiger partial charge on any atom is 0.191 e. The molecule has 1 aliphatic heterocycles. The molecule has 0 aliphatic carbocycles. The van der Waals surface area contributed by atoms with Gasteiger partial charge in [0.25, 0.3) is 0 Å². The summed E-state index contributed by atoms with van der Waals surface area (Å²) in [6.45, 7) is 3.71. The molecule has 1 aliphatic rings. The molecule has 2 aromatic rings. The van der Waals surface area contributed by atoms with Gasteiger partial charge in [-0.3, -0.25) is 9.89 Å². The van der Waals surface area contributed by atoms with Crippen LogP contribution in [0.15, 0.2) is 53.5 Å². The molecule has 156 valence electrons. The van der Waals surface area contributed by atoms with Crippen molar-refractivity contribution >= 4 is 5.96 Å². The van der Waals surface area contributed by atoms with E-state index in [1.165, 1.54) is 18.4 Å². The molecule has 6 heteroatoms. The minimum Gasteiger partial charge on any atom is -0.493 e. The van der Waals surface area contributed by atoms with E-state index in [2.05, 4.69) is 50.9 Å². The number of methoxy groups -OCH3 is 2. The SMILES string of the molecule is CN=C(NCc1ccc(OC)c(OC)c1)NCC1CCCN1Cc1ccccc1. The molecule has 0 saturated carbocycles. The van der Waals surface area contributed by atoms with Crippen LogP contribution in [0.2, 0.25) is 0 Å². The highest BCUT2D eigenvalue weighted by Gasteiger charge is 2.24. The maximum atomic E-state index is 5.38. The Balaban J connectivity index is 1.50. The van der Waals surface area contributed by atoms with E-state index in [4.69, 9.17) is 9.47 Å². The molecule has 2 aromatic carbocycles. The summed E-state index contributed by atoms with van der Waals surface area (Å²) >= 11 is 0. The number of ether oxygens (including phenoxy) is 2. The van der Waals surface area contributed by atoms with E-state index in [0.29, 0.717) is 12.6 Å². The summed E-state index contributed by atoms with van der Waals surface area (Å²) in [5, 5.41) is 6.88. The minimum atomic E-state index is 0.523. The summed E-state index contributed by atoms with van der Waals surface area (Å²) in [6, 6.07) is 17.1. The topological polar surface area (TPSA) is 58.1 Å². The van der Waals surface area contributed by atoms with Crippen LogP contribution in [-0.2, 0) is 13.1 Å². The average molecular weight is 397 g/mol. The van der Waals surface area contributed by atoms with Crippen molar-refractivity contribution in [2.24, 2.45) is 4.99 Å². The monoisotopic (exact) mass is 396 g/mol. The zero-order chi connectivity index (χ0) is 20.5. The second-order valence-electron chi connectivity index (χ2n) is 7.25. The summed E-state index contributed by atoms with van der Waals surface area (Å²) in [4.78, 5) is 6.93. The molecule has 0 bridgehead atoms. The van der Waals surface area contributed by atoms with E-state index in [1.807, 2.05) is 18.2 Å². The number of benzene rings is 2. The number of rotatable bonds is 8. The first kappa shape index (κ1) is 21.0. The normalized spacial score (nSPS) is 17.2. The lowest BCUT2D eigenvalue weighted by Crippen LogP contribution is -2.44. The Labute approximate surface area is 173 Å². The van der Waals surface area contributed by atoms with Crippen molar-refractivity contribution in [2.75, 3.05) is 34.4 Å². The third-order valence-electron chi connectivity index (χ3n) is 5.36. The zero-order valence-corrected chi connectivity index (χ0v) is 17.6. The predicted molar refractivity (Wildman–Crippen MR) is 118 cm³/mol. The van der Waals surface area contributed by atoms with Crippen molar-refractivity contribution in [3.8, 4) is 11.5 Å². The number of hydrogen-bond acceptors (Lipinski definition) is 4. The third-order valence-corrected chi connectivity index (χ3v) is 5.36. The van der Waals surface area contributed by atoms with Crippen molar-refractivity contribution in [3.05, 3.63) is 59.7 Å². The molecule has 0 spiro atoms. The van der Waals surface area contributed by atoms with Gasteiger partial charge in [-0.15, -0.1) is 0 Å². The van der Waals surface area contributed by atoms with Crippen LogP contribution in [0.3, 0.4) is 0 Å². The van der Waals surface area contributed by atoms with Gasteiger partial charge in [0.05, 0.1) is 14.2 Å². The van der Waals surface area contributed by atoms with E-state index < -0.39 is 0 Å². The summed E-state index contributed by atoms with van der Waals surface area (Å²) in [5.74, 6) is 2.28. The molecule has 1 heterocycles. The first-order valence-corrected chi connectivity index (χ1v) is 10.2. The highest BCUT2D eigenvalue weighted by atomic mass is 16.5. The fourth-order valence-electron chi connectivity index (χ4n) is 3.76. The fourth-order valence-corrected chi connectivity index (χ4v) is 3.76. The first-order chi connectivity index (χ1) is 14.2. The van der Waals surface area contributed by atoms with Crippen molar-refractivity contribution in [3.63, 3.8) is 0 Å². The van der Waals surface area contributed by atoms with Gasteiger partial charge in [0.2, 0.25) is 0 Å². The van der Waals surface area contributed by atoms with Gasteiger partial charge in [-0.1, -0.05) is 36.4 Å². The lowest BCUT2D eigenvalue weighted by atomic mass is 10.2. The number of nitrogens with one attached hydrogen (secondary N) is 2. The Morgan fingerprint density at radius 3 is 2.55 bits per heavy atom. The fraction of sp³-hybridized carbons (Fsp3) is 0.435. The quantitative estimate of drug-likeness (QED) is 0.531. The van der Waals surface area contributed by atoms with Crippen LogP contribution in [0, 0.1) is 0 Å². The highest BCUT2D eigenvalue weighted by Crippen LogP contribution is 2.27. The Kier molecular flexibility index (Phi) is 7.76. The Bertz CT molecular complexity index is 795. The summed E-state index contributed by atoms with van der Waals surface area (Å²) in [7, 11) is 5.10. The Morgan fingerprint density at radius 2 is 1.83 bits per heavy atom. The van der Waals surface area contributed by atoms with Gasteiger partial charge in [-0.05, 0) is 42.6 Å². The van der Waals surface area contributed by atoms with Gasteiger partial charge in [0.1, 0.15) is 0 Å². The molecule has 1 unspecified atom stereocenters. The first-order valence-electron chi connectivity index (χ1n) is 10.2. The third kappa shape index (κ3) is 5.87. The highest BCUT2D eigenvalue weighted by molar-refractivity contribution is 5.79. The molecule has 0 aromatic heterocycles. The molecule has 2 N–H and O–H groups in total. The maximum absolute atomic E-state index is 5.38. The van der Waals surface area contributed by atoms with Crippen molar-refractivity contribution in [1.29, 1.82) is 0 Å². The molecular weight excluding hydrogens is 364 g/mol. The van der Waals surface area contributed by atoms with Crippen LogP contribution in [0.5, 0.6) is 11.5 Å². The minimum absolute atomic E-state index is 0.523. The Hall–Kier alpha value is -2.73. The van der Waals surface area contributed by atoms with Crippen LogP contribution in [0.1, 0.15) is 24.0 Å². The van der Waals surface area contributed by atoms with Crippen LogP contribution < -0.4 is 20.1 Å². The van der Waals surface area contributed by atoms with Gasteiger partial charge in [-0.25, -0.2) is 0 Å². The number of nitrogens with zero attached hydrogens (tertiary/aromatic N) is 2. The van der Waals surface area contributed by atoms with Crippen LogP contribution in [0.25, 0.3) is 0 Å². The van der Waals surface area contributed by atoms with E-state index >= 15 is 0 Å². The van der Waals surface area contributed by atoms with E-state index in [9.17, 15) is 0 Å². The number of aliphatic imine (C=N–C) groups is 1. The van der Waals surface area contributed by atoms with Gasteiger partial charge >= 0.3 is 0 Å². The van der Waals surface area contributed by atoms with E-state index in [1.54, 1.807) is 21.3 Å².